The Bertz CT molecular complexity index is 310. The molecule has 0 heterocycles. The van der Waals surface area contributed by atoms with E-state index in [1.807, 2.05) is 0 Å². The number of benzene rings is 1. The Morgan fingerprint density at radius 2 is 2.00 bits per heavy atom. The van der Waals surface area contributed by atoms with Crippen LogP contribution in [0.5, 0.6) is 11.5 Å². The van der Waals surface area contributed by atoms with E-state index in [0.29, 0.717) is 11.1 Å². The van der Waals surface area contributed by atoms with Crippen LogP contribution in [0.25, 0.3) is 0 Å². The summed E-state index contributed by atoms with van der Waals surface area (Å²) in [6.45, 7) is 1.44. The maximum absolute atomic E-state index is 9.15. The van der Waals surface area contributed by atoms with E-state index in [1.165, 1.54) is 6.07 Å². The SMILES string of the molecule is Cc1cc(O)c(O)c(Cl)c1CO. The molecule has 0 saturated carbocycles. The van der Waals surface area contributed by atoms with Gasteiger partial charge in [0.1, 0.15) is 0 Å². The molecule has 0 spiro atoms. The molecule has 0 atom stereocenters. The Balaban J connectivity index is 3.40. The minimum Gasteiger partial charge on any atom is -0.504 e. The second kappa shape index (κ2) is 3.21. The monoisotopic (exact) mass is 188 g/mol. The third kappa shape index (κ3) is 1.33. The number of hydrogen-bond acceptors (Lipinski definition) is 3. The maximum atomic E-state index is 9.15. The van der Waals surface area contributed by atoms with Gasteiger partial charge in [-0.25, -0.2) is 0 Å². The van der Waals surface area contributed by atoms with Crippen molar-refractivity contribution in [2.75, 3.05) is 0 Å². The lowest BCUT2D eigenvalue weighted by Crippen LogP contribution is -1.90. The lowest BCUT2D eigenvalue weighted by atomic mass is 10.1. The number of phenols is 2. The number of aromatic hydroxyl groups is 2. The number of aliphatic hydroxyl groups excluding tert-OH is 1. The standard InChI is InChI=1S/C8H9ClO3/c1-4-2-6(11)8(12)7(9)5(4)3-10/h2,10-12H,3H2,1H3. The molecular formula is C8H9ClO3. The van der Waals surface area contributed by atoms with Gasteiger partial charge in [-0.05, 0) is 18.6 Å². The van der Waals surface area contributed by atoms with E-state index >= 15 is 0 Å². The topological polar surface area (TPSA) is 60.7 Å². The van der Waals surface area contributed by atoms with Gasteiger partial charge < -0.3 is 15.3 Å². The average molecular weight is 189 g/mol. The summed E-state index contributed by atoms with van der Waals surface area (Å²) in [4.78, 5) is 0. The average Bonchev–Trinajstić information content (AvgIpc) is 2.01. The molecule has 3 N–H and O–H groups in total. The highest BCUT2D eigenvalue weighted by molar-refractivity contribution is 6.33. The fourth-order valence-corrected chi connectivity index (χ4v) is 1.29. The summed E-state index contributed by atoms with van der Waals surface area (Å²) in [5, 5.41) is 27.1. The second-order valence-corrected chi connectivity index (χ2v) is 2.89. The Hall–Kier alpha value is -0.930. The number of phenolic OH excluding ortho intramolecular Hbond substituents is 2. The molecule has 0 saturated heterocycles. The zero-order valence-electron chi connectivity index (χ0n) is 6.50. The van der Waals surface area contributed by atoms with Gasteiger partial charge >= 0.3 is 0 Å². The first kappa shape index (κ1) is 9.16. The summed E-state index contributed by atoms with van der Waals surface area (Å²) in [7, 11) is 0. The molecular weight excluding hydrogens is 180 g/mol. The van der Waals surface area contributed by atoms with Crippen molar-refractivity contribution in [1.82, 2.24) is 0 Å². The third-order valence-electron chi connectivity index (χ3n) is 1.70. The predicted octanol–water partition coefficient (Wildman–Crippen LogP) is 1.55. The van der Waals surface area contributed by atoms with Crippen molar-refractivity contribution in [3.63, 3.8) is 0 Å². The first-order valence-corrected chi connectivity index (χ1v) is 3.76. The first-order chi connectivity index (χ1) is 5.57. The van der Waals surface area contributed by atoms with Crippen molar-refractivity contribution >= 4 is 11.6 Å². The minimum absolute atomic E-state index is 0.00926. The van der Waals surface area contributed by atoms with Crippen LogP contribution in [-0.2, 0) is 6.61 Å². The van der Waals surface area contributed by atoms with Crippen LogP contribution in [0.4, 0.5) is 0 Å². The Morgan fingerprint density at radius 1 is 1.42 bits per heavy atom. The molecule has 66 valence electrons. The Kier molecular flexibility index (Phi) is 2.45. The highest BCUT2D eigenvalue weighted by Crippen LogP contribution is 2.37. The van der Waals surface area contributed by atoms with E-state index < -0.39 is 0 Å². The molecule has 1 aromatic carbocycles. The zero-order chi connectivity index (χ0) is 9.30. The fourth-order valence-electron chi connectivity index (χ4n) is 0.983. The van der Waals surface area contributed by atoms with Gasteiger partial charge in [0.2, 0.25) is 0 Å². The molecule has 0 fully saturated rings. The van der Waals surface area contributed by atoms with Crippen LogP contribution in [0.3, 0.4) is 0 Å². The van der Waals surface area contributed by atoms with Crippen LogP contribution in [0.1, 0.15) is 11.1 Å². The smallest absolute Gasteiger partial charge is 0.176 e. The highest BCUT2D eigenvalue weighted by Gasteiger charge is 2.12. The van der Waals surface area contributed by atoms with Gasteiger partial charge in [0, 0.05) is 5.56 Å². The van der Waals surface area contributed by atoms with Gasteiger partial charge in [0.15, 0.2) is 11.5 Å². The summed E-state index contributed by atoms with van der Waals surface area (Å²) >= 11 is 5.63. The Morgan fingerprint density at radius 3 is 2.50 bits per heavy atom. The largest absolute Gasteiger partial charge is 0.504 e. The molecule has 3 nitrogen and oxygen atoms in total. The normalized spacial score (nSPS) is 10.2. The molecule has 4 heteroatoms. The number of halogens is 1. The number of hydrogen-bond donors (Lipinski definition) is 3. The van der Waals surface area contributed by atoms with Crippen molar-refractivity contribution in [2.24, 2.45) is 0 Å². The van der Waals surface area contributed by atoms with Crippen LogP contribution in [0.2, 0.25) is 5.02 Å². The number of aryl methyl sites for hydroxylation is 1. The molecule has 0 aromatic heterocycles. The highest BCUT2D eigenvalue weighted by atomic mass is 35.5. The van der Waals surface area contributed by atoms with E-state index in [0.717, 1.165) is 0 Å². The van der Waals surface area contributed by atoms with Crippen LogP contribution in [0, 0.1) is 6.92 Å². The van der Waals surface area contributed by atoms with Crippen molar-refractivity contribution in [2.45, 2.75) is 13.5 Å². The molecule has 0 amide bonds. The van der Waals surface area contributed by atoms with Crippen LogP contribution in [-0.4, -0.2) is 15.3 Å². The number of aliphatic hydroxyl groups is 1. The summed E-state index contributed by atoms with van der Waals surface area (Å²) in [6, 6.07) is 1.35. The molecule has 0 aliphatic rings. The van der Waals surface area contributed by atoms with Crippen LogP contribution < -0.4 is 0 Å². The zero-order valence-corrected chi connectivity index (χ0v) is 7.26. The first-order valence-electron chi connectivity index (χ1n) is 3.38. The van der Waals surface area contributed by atoms with E-state index in [9.17, 15) is 0 Å². The molecule has 0 unspecified atom stereocenters. The van der Waals surface area contributed by atoms with Crippen LogP contribution in [0.15, 0.2) is 6.07 Å². The molecule has 1 rings (SSSR count). The molecule has 12 heavy (non-hydrogen) atoms. The predicted molar refractivity (Wildman–Crippen MR) is 45.4 cm³/mol. The minimum atomic E-state index is -0.383. The summed E-state index contributed by atoms with van der Waals surface area (Å²) < 4.78 is 0. The van der Waals surface area contributed by atoms with Gasteiger partial charge in [-0.2, -0.15) is 0 Å². The van der Waals surface area contributed by atoms with Gasteiger partial charge in [-0.15, -0.1) is 0 Å². The molecule has 0 bridgehead atoms. The van der Waals surface area contributed by atoms with Crippen molar-refractivity contribution < 1.29 is 15.3 Å². The van der Waals surface area contributed by atoms with Crippen molar-refractivity contribution in [3.8, 4) is 11.5 Å². The molecule has 0 radical (unpaired) electrons. The fraction of sp³-hybridized carbons (Fsp3) is 0.250. The van der Waals surface area contributed by atoms with Crippen LogP contribution >= 0.6 is 11.6 Å². The summed E-state index contributed by atoms with van der Waals surface area (Å²) in [5.74, 6) is -0.652. The Labute approximate surface area is 74.8 Å². The van der Waals surface area contributed by atoms with E-state index in [2.05, 4.69) is 0 Å². The summed E-state index contributed by atoms with van der Waals surface area (Å²) in [5.41, 5.74) is 1.09. The second-order valence-electron chi connectivity index (χ2n) is 2.51. The van der Waals surface area contributed by atoms with E-state index in [4.69, 9.17) is 26.9 Å². The molecule has 0 aliphatic carbocycles. The van der Waals surface area contributed by atoms with E-state index in [-0.39, 0.29) is 23.1 Å². The quantitative estimate of drug-likeness (QED) is 0.586. The lowest BCUT2D eigenvalue weighted by molar-refractivity contribution is 0.280. The van der Waals surface area contributed by atoms with Gasteiger partial charge in [-0.3, -0.25) is 0 Å². The molecule has 1 aromatic rings. The maximum Gasteiger partial charge on any atom is 0.176 e. The lowest BCUT2D eigenvalue weighted by Gasteiger charge is -2.08. The van der Waals surface area contributed by atoms with Gasteiger partial charge in [-0.1, -0.05) is 11.6 Å². The molecule has 0 aliphatic heterocycles. The van der Waals surface area contributed by atoms with E-state index in [1.54, 1.807) is 6.92 Å². The summed E-state index contributed by atoms with van der Waals surface area (Å²) in [6.07, 6.45) is 0. The van der Waals surface area contributed by atoms with Gasteiger partial charge in [0.05, 0.1) is 11.6 Å². The van der Waals surface area contributed by atoms with Gasteiger partial charge in [0.25, 0.3) is 0 Å². The third-order valence-corrected chi connectivity index (χ3v) is 2.11. The van der Waals surface area contributed by atoms with Crippen molar-refractivity contribution in [3.05, 3.63) is 22.2 Å². The number of rotatable bonds is 1. The van der Waals surface area contributed by atoms with Crippen molar-refractivity contribution in [1.29, 1.82) is 0 Å².